The first-order chi connectivity index (χ1) is 12.5. The third-order valence-electron chi connectivity index (χ3n) is 6.16. The number of nitrogens with one attached hydrogen (secondary N) is 1. The molecule has 7 heteroatoms. The maximum atomic E-state index is 12.8. The molecule has 0 unspecified atom stereocenters. The second kappa shape index (κ2) is 9.60. The number of furan rings is 1. The van der Waals surface area contributed by atoms with Crippen molar-refractivity contribution >= 4 is 24.2 Å². The minimum Gasteiger partial charge on any atom is -0.469 e. The normalized spacial score (nSPS) is 20.0. The molecule has 1 saturated heterocycles. The number of likely N-dealkylation sites (tertiary alicyclic amines) is 1. The van der Waals surface area contributed by atoms with Crippen molar-refractivity contribution in [3.8, 4) is 0 Å². The second-order valence-corrected chi connectivity index (χ2v) is 7.96. The molecule has 0 aromatic carbocycles. The molecule has 0 spiro atoms. The van der Waals surface area contributed by atoms with E-state index in [1.165, 1.54) is 25.5 Å². The third-order valence-corrected chi connectivity index (χ3v) is 6.16. The molecule has 2 aliphatic rings. The largest absolute Gasteiger partial charge is 0.469 e. The maximum Gasteiger partial charge on any atom is 0.255 e. The first-order valence-corrected chi connectivity index (χ1v) is 9.86. The predicted octanol–water partition coefficient (Wildman–Crippen LogP) is 3.03. The molecule has 1 aliphatic heterocycles. The Morgan fingerprint density at radius 1 is 1.26 bits per heavy atom. The van der Waals surface area contributed by atoms with Crippen LogP contribution < -0.4 is 11.1 Å². The van der Waals surface area contributed by atoms with Crippen LogP contribution in [0.2, 0.25) is 0 Å². The monoisotopic (exact) mass is 397 g/mol. The van der Waals surface area contributed by atoms with Crippen LogP contribution in [0.3, 0.4) is 0 Å². The third kappa shape index (κ3) is 5.26. The Morgan fingerprint density at radius 2 is 1.93 bits per heavy atom. The van der Waals surface area contributed by atoms with Gasteiger partial charge in [0.2, 0.25) is 5.91 Å². The van der Waals surface area contributed by atoms with E-state index < -0.39 is 0 Å². The molecule has 0 atom stereocenters. The summed E-state index contributed by atoms with van der Waals surface area (Å²) in [6.07, 6.45) is 9.49. The lowest BCUT2D eigenvalue weighted by atomic mass is 9.71. The lowest BCUT2D eigenvalue weighted by Gasteiger charge is -2.39. The van der Waals surface area contributed by atoms with E-state index in [1.54, 1.807) is 13.0 Å². The van der Waals surface area contributed by atoms with Gasteiger partial charge in [-0.05, 0) is 50.6 Å². The van der Waals surface area contributed by atoms with Crippen LogP contribution in [0.15, 0.2) is 16.7 Å². The molecule has 3 N–H and O–H groups in total. The molecule has 152 valence electrons. The van der Waals surface area contributed by atoms with Gasteiger partial charge in [0.05, 0.1) is 11.8 Å². The summed E-state index contributed by atoms with van der Waals surface area (Å²) in [5.41, 5.74) is 6.63. The maximum absolute atomic E-state index is 12.8. The number of rotatable bonds is 5. The Balaban J connectivity index is 0.00000261. The first kappa shape index (κ1) is 21.8. The second-order valence-electron chi connectivity index (χ2n) is 7.96. The summed E-state index contributed by atoms with van der Waals surface area (Å²) in [6, 6.07) is 1.80. The average molecular weight is 398 g/mol. The van der Waals surface area contributed by atoms with Crippen molar-refractivity contribution in [2.45, 2.75) is 64.3 Å². The van der Waals surface area contributed by atoms with Crippen molar-refractivity contribution in [2.75, 3.05) is 19.6 Å². The number of nitrogens with zero attached hydrogens (tertiary/aromatic N) is 1. The zero-order chi connectivity index (χ0) is 18.6. The van der Waals surface area contributed by atoms with E-state index in [1.807, 2.05) is 4.90 Å². The average Bonchev–Trinajstić information content (AvgIpc) is 3.09. The highest BCUT2D eigenvalue weighted by Crippen LogP contribution is 2.39. The van der Waals surface area contributed by atoms with Gasteiger partial charge in [-0.1, -0.05) is 19.3 Å². The summed E-state index contributed by atoms with van der Waals surface area (Å²) in [4.78, 5) is 27.0. The standard InChI is InChI=1S/C20H31N3O3.ClH/c1-15-17(7-12-26-15)19(25)22-16-5-10-23(11-6-16)18(24)13-20(14-21)8-3-2-4-9-20;/h7,12,16H,2-6,8-11,13-14,21H2,1H3,(H,22,25);1H. The van der Waals surface area contributed by atoms with Gasteiger partial charge in [0.15, 0.2) is 0 Å². The molecule has 2 amide bonds. The van der Waals surface area contributed by atoms with Crippen molar-refractivity contribution in [1.29, 1.82) is 0 Å². The molecule has 6 nitrogen and oxygen atoms in total. The van der Waals surface area contributed by atoms with E-state index in [4.69, 9.17) is 10.2 Å². The van der Waals surface area contributed by atoms with Gasteiger partial charge in [0, 0.05) is 25.6 Å². The van der Waals surface area contributed by atoms with Gasteiger partial charge < -0.3 is 20.4 Å². The predicted molar refractivity (Wildman–Crippen MR) is 107 cm³/mol. The number of hydrogen-bond acceptors (Lipinski definition) is 4. The van der Waals surface area contributed by atoms with E-state index in [0.29, 0.717) is 37.4 Å². The molecule has 1 aliphatic carbocycles. The highest BCUT2D eigenvalue weighted by atomic mass is 35.5. The molecule has 3 rings (SSSR count). The highest BCUT2D eigenvalue weighted by molar-refractivity contribution is 5.95. The Hall–Kier alpha value is -1.53. The summed E-state index contributed by atoms with van der Waals surface area (Å²) in [7, 11) is 0. The van der Waals surface area contributed by atoms with Gasteiger partial charge in [0.25, 0.3) is 5.91 Å². The molecular weight excluding hydrogens is 366 g/mol. The fourth-order valence-corrected chi connectivity index (χ4v) is 4.34. The smallest absolute Gasteiger partial charge is 0.255 e. The van der Waals surface area contributed by atoms with Crippen molar-refractivity contribution in [1.82, 2.24) is 10.2 Å². The lowest BCUT2D eigenvalue weighted by Crippen LogP contribution is -2.48. The number of carbonyl (C=O) groups is 2. The number of aryl methyl sites for hydroxylation is 1. The van der Waals surface area contributed by atoms with Crippen LogP contribution >= 0.6 is 12.4 Å². The topological polar surface area (TPSA) is 88.6 Å². The molecule has 2 heterocycles. The van der Waals surface area contributed by atoms with Crippen LogP contribution in [-0.2, 0) is 4.79 Å². The molecule has 2 fully saturated rings. The number of hydrogen-bond donors (Lipinski definition) is 2. The van der Waals surface area contributed by atoms with Gasteiger partial charge in [-0.2, -0.15) is 0 Å². The van der Waals surface area contributed by atoms with E-state index in [9.17, 15) is 9.59 Å². The Kier molecular flexibility index (Phi) is 7.74. The molecule has 0 bridgehead atoms. The highest BCUT2D eigenvalue weighted by Gasteiger charge is 2.35. The van der Waals surface area contributed by atoms with Gasteiger partial charge in [-0.3, -0.25) is 9.59 Å². The van der Waals surface area contributed by atoms with Crippen LogP contribution in [0.4, 0.5) is 0 Å². The fourth-order valence-electron chi connectivity index (χ4n) is 4.34. The van der Waals surface area contributed by atoms with Crippen LogP contribution in [0.5, 0.6) is 0 Å². The quantitative estimate of drug-likeness (QED) is 0.799. The molecular formula is C20H32ClN3O3. The summed E-state index contributed by atoms with van der Waals surface area (Å²) < 4.78 is 5.19. The number of amides is 2. The summed E-state index contributed by atoms with van der Waals surface area (Å²) >= 11 is 0. The van der Waals surface area contributed by atoms with Crippen LogP contribution in [-0.4, -0.2) is 42.4 Å². The minimum atomic E-state index is -0.0923. The minimum absolute atomic E-state index is 0. The van der Waals surface area contributed by atoms with Gasteiger partial charge >= 0.3 is 0 Å². The Morgan fingerprint density at radius 3 is 2.48 bits per heavy atom. The number of carbonyl (C=O) groups excluding carboxylic acids is 2. The van der Waals surface area contributed by atoms with E-state index in [0.717, 1.165) is 25.7 Å². The van der Waals surface area contributed by atoms with Crippen molar-refractivity contribution in [3.63, 3.8) is 0 Å². The molecule has 1 aromatic heterocycles. The summed E-state index contributed by atoms with van der Waals surface area (Å²) in [5.74, 6) is 0.771. The van der Waals surface area contributed by atoms with Crippen LogP contribution in [0.1, 0.15) is 67.5 Å². The molecule has 27 heavy (non-hydrogen) atoms. The molecule has 1 aromatic rings. The lowest BCUT2D eigenvalue weighted by molar-refractivity contribution is -0.135. The van der Waals surface area contributed by atoms with Gasteiger partial charge in [0.1, 0.15) is 5.76 Å². The van der Waals surface area contributed by atoms with Crippen molar-refractivity contribution < 1.29 is 14.0 Å². The summed E-state index contributed by atoms with van der Waals surface area (Å²) in [5, 5.41) is 3.06. The van der Waals surface area contributed by atoms with Crippen LogP contribution in [0, 0.1) is 12.3 Å². The van der Waals surface area contributed by atoms with Crippen LogP contribution in [0.25, 0.3) is 0 Å². The van der Waals surface area contributed by atoms with Gasteiger partial charge in [-0.15, -0.1) is 12.4 Å². The number of nitrogens with two attached hydrogens (primary N) is 1. The summed E-state index contributed by atoms with van der Waals surface area (Å²) in [6.45, 7) is 3.80. The Labute approximate surface area is 167 Å². The van der Waals surface area contributed by atoms with Crippen molar-refractivity contribution in [2.24, 2.45) is 11.1 Å². The Bertz CT molecular complexity index is 632. The molecule has 0 radical (unpaired) electrons. The van der Waals surface area contributed by atoms with E-state index in [-0.39, 0.29) is 35.7 Å². The van der Waals surface area contributed by atoms with E-state index >= 15 is 0 Å². The van der Waals surface area contributed by atoms with Gasteiger partial charge in [-0.25, -0.2) is 0 Å². The number of halogens is 1. The van der Waals surface area contributed by atoms with Crippen molar-refractivity contribution in [3.05, 3.63) is 23.7 Å². The zero-order valence-electron chi connectivity index (χ0n) is 16.2. The van der Waals surface area contributed by atoms with E-state index in [2.05, 4.69) is 5.32 Å². The fraction of sp³-hybridized carbons (Fsp3) is 0.700. The number of piperidine rings is 1. The SMILES string of the molecule is Cc1occc1C(=O)NC1CCN(C(=O)CC2(CN)CCCCC2)CC1.Cl. The first-order valence-electron chi connectivity index (χ1n) is 9.86. The molecule has 1 saturated carbocycles. The zero-order valence-corrected chi connectivity index (χ0v) is 17.0.